The van der Waals surface area contributed by atoms with Gasteiger partial charge >= 0.3 is 11.9 Å². The smallest absolute Gasteiger partial charge is 0.326 e. The number of nitrogens with one attached hydrogen (secondary N) is 3. The lowest BCUT2D eigenvalue weighted by Crippen LogP contribution is -2.58. The molecule has 11 N–H and O–H groups in total. The maximum Gasteiger partial charge on any atom is 0.326 e. The van der Waals surface area contributed by atoms with E-state index in [1.807, 2.05) is 0 Å². The predicted octanol–water partition coefficient (Wildman–Crippen LogP) is -3.01. The van der Waals surface area contributed by atoms with Crippen LogP contribution in [-0.2, 0) is 28.8 Å². The van der Waals surface area contributed by atoms with Gasteiger partial charge in [-0.05, 0) is 31.7 Å². The molecule has 0 radical (unpaired) electrons. The molecule has 0 aromatic rings. The zero-order valence-corrected chi connectivity index (χ0v) is 18.7. The summed E-state index contributed by atoms with van der Waals surface area (Å²) in [4.78, 5) is 71.4. The van der Waals surface area contributed by atoms with Gasteiger partial charge in [0, 0.05) is 0 Å². The highest BCUT2D eigenvalue weighted by atomic mass is 16.4. The Balaban J connectivity index is 5.50. The average molecular weight is 475 g/mol. The number of hydrogen-bond acceptors (Lipinski definition) is 8. The third-order valence-electron chi connectivity index (χ3n) is 4.63. The van der Waals surface area contributed by atoms with Crippen molar-refractivity contribution < 1.29 is 39.0 Å². The fraction of sp³-hybridized carbons (Fsp3) is 0.684. The molecule has 0 aliphatic heterocycles. The maximum absolute atomic E-state index is 12.6. The molecule has 4 unspecified atom stereocenters. The van der Waals surface area contributed by atoms with Crippen LogP contribution < -0.4 is 33.2 Å². The number of amides is 4. The van der Waals surface area contributed by atoms with E-state index in [-0.39, 0.29) is 12.3 Å². The first kappa shape index (κ1) is 29.7. The molecule has 14 nitrogen and oxygen atoms in total. The van der Waals surface area contributed by atoms with Gasteiger partial charge in [0.15, 0.2) is 0 Å². The molecule has 0 aliphatic rings. The lowest BCUT2D eigenvalue weighted by atomic mass is 10.0. The molecule has 0 aromatic carbocycles. The van der Waals surface area contributed by atoms with E-state index in [1.54, 1.807) is 13.8 Å². The Kier molecular flexibility index (Phi) is 13.3. The molecule has 0 bridgehead atoms. The molecular formula is C19H34N6O8. The van der Waals surface area contributed by atoms with Gasteiger partial charge in [0.05, 0.1) is 18.9 Å². The second-order valence-electron chi connectivity index (χ2n) is 7.84. The molecule has 0 saturated heterocycles. The van der Waals surface area contributed by atoms with E-state index in [0.29, 0.717) is 19.4 Å². The largest absolute Gasteiger partial charge is 0.481 e. The number of carboxylic acid groups (broad SMARTS) is 2. The lowest BCUT2D eigenvalue weighted by molar-refractivity contribution is -0.143. The van der Waals surface area contributed by atoms with Crippen LogP contribution in [-0.4, -0.2) is 76.5 Å². The first-order valence-corrected chi connectivity index (χ1v) is 10.4. The summed E-state index contributed by atoms with van der Waals surface area (Å²) in [6.07, 6.45) is -0.532. The van der Waals surface area contributed by atoms with E-state index in [1.165, 1.54) is 0 Å². The summed E-state index contributed by atoms with van der Waals surface area (Å²) < 4.78 is 0. The van der Waals surface area contributed by atoms with Gasteiger partial charge in [0.2, 0.25) is 23.6 Å². The molecule has 4 amide bonds. The molecule has 0 heterocycles. The molecule has 0 rings (SSSR count). The summed E-state index contributed by atoms with van der Waals surface area (Å²) in [6.45, 7) is 3.63. The van der Waals surface area contributed by atoms with Gasteiger partial charge in [0.1, 0.15) is 18.1 Å². The van der Waals surface area contributed by atoms with Gasteiger partial charge in [-0.2, -0.15) is 0 Å². The normalized spacial score (nSPS) is 14.5. The van der Waals surface area contributed by atoms with Crippen molar-refractivity contribution in [2.75, 3.05) is 6.54 Å². The number of aliphatic carboxylic acids is 2. The maximum atomic E-state index is 12.6. The molecule has 0 spiro atoms. The quantitative estimate of drug-likeness (QED) is 0.105. The predicted molar refractivity (Wildman–Crippen MR) is 115 cm³/mol. The number of hydrogen-bond donors (Lipinski definition) is 8. The van der Waals surface area contributed by atoms with Crippen molar-refractivity contribution in [1.29, 1.82) is 0 Å². The van der Waals surface area contributed by atoms with Crippen molar-refractivity contribution in [3.05, 3.63) is 0 Å². The molecule has 0 saturated carbocycles. The number of carbonyl (C=O) groups is 6. The second-order valence-corrected chi connectivity index (χ2v) is 7.84. The summed E-state index contributed by atoms with van der Waals surface area (Å²) in [5, 5.41) is 25.0. The van der Waals surface area contributed by atoms with E-state index in [9.17, 15) is 33.9 Å². The third-order valence-corrected chi connectivity index (χ3v) is 4.63. The molecular weight excluding hydrogens is 440 g/mol. The first-order chi connectivity index (χ1) is 15.3. The molecule has 33 heavy (non-hydrogen) atoms. The Morgan fingerprint density at radius 1 is 0.788 bits per heavy atom. The number of primary amides is 1. The van der Waals surface area contributed by atoms with Crippen LogP contribution in [0.25, 0.3) is 0 Å². The van der Waals surface area contributed by atoms with E-state index < -0.39 is 72.6 Å². The topological polar surface area (TPSA) is 257 Å². The third kappa shape index (κ3) is 11.8. The van der Waals surface area contributed by atoms with Gasteiger partial charge in [-0.3, -0.25) is 24.0 Å². The zero-order chi connectivity index (χ0) is 25.7. The molecule has 0 aromatic heterocycles. The van der Waals surface area contributed by atoms with Crippen molar-refractivity contribution in [1.82, 2.24) is 16.0 Å². The fourth-order valence-corrected chi connectivity index (χ4v) is 2.66. The van der Waals surface area contributed by atoms with Gasteiger partial charge in [-0.25, -0.2) is 4.79 Å². The molecule has 188 valence electrons. The summed E-state index contributed by atoms with van der Waals surface area (Å²) in [7, 11) is 0. The Bertz CT molecular complexity index is 729. The van der Waals surface area contributed by atoms with Gasteiger partial charge in [-0.15, -0.1) is 0 Å². The van der Waals surface area contributed by atoms with Crippen LogP contribution >= 0.6 is 0 Å². The van der Waals surface area contributed by atoms with Crippen molar-refractivity contribution in [2.45, 2.75) is 70.1 Å². The van der Waals surface area contributed by atoms with Crippen molar-refractivity contribution in [3.63, 3.8) is 0 Å². The Hall–Kier alpha value is -3.26. The molecule has 0 aliphatic carbocycles. The van der Waals surface area contributed by atoms with Crippen LogP contribution in [0.1, 0.15) is 46.0 Å². The summed E-state index contributed by atoms with van der Waals surface area (Å²) in [5.41, 5.74) is 16.2. The Morgan fingerprint density at radius 3 is 1.70 bits per heavy atom. The highest BCUT2D eigenvalue weighted by molar-refractivity contribution is 5.97. The number of carbonyl (C=O) groups excluding carboxylic acids is 4. The minimum Gasteiger partial charge on any atom is -0.481 e. The lowest BCUT2D eigenvalue weighted by Gasteiger charge is -2.24. The van der Waals surface area contributed by atoms with Crippen molar-refractivity contribution in [3.8, 4) is 0 Å². The second kappa shape index (κ2) is 14.7. The Morgan fingerprint density at radius 2 is 1.27 bits per heavy atom. The first-order valence-electron chi connectivity index (χ1n) is 10.4. The monoisotopic (exact) mass is 474 g/mol. The minimum atomic E-state index is -1.61. The van der Waals surface area contributed by atoms with Crippen LogP contribution in [0.5, 0.6) is 0 Å². The van der Waals surface area contributed by atoms with E-state index in [0.717, 1.165) is 0 Å². The van der Waals surface area contributed by atoms with Gasteiger partial charge in [-0.1, -0.05) is 13.8 Å². The number of carboxylic acids is 2. The van der Waals surface area contributed by atoms with E-state index in [2.05, 4.69) is 16.0 Å². The number of nitrogens with two attached hydrogens (primary N) is 3. The SMILES string of the molecule is CC(C)C(N)C(=O)NC(CC(=O)O)C(=O)NC(CC(N)=O)C(=O)NC(CCCCN)C(=O)O. The molecule has 0 fully saturated rings. The van der Waals surface area contributed by atoms with Crippen LogP contribution in [0.2, 0.25) is 0 Å². The molecule has 14 heteroatoms. The van der Waals surface area contributed by atoms with Crippen LogP contribution in [0.15, 0.2) is 0 Å². The highest BCUT2D eigenvalue weighted by Gasteiger charge is 2.32. The van der Waals surface area contributed by atoms with E-state index in [4.69, 9.17) is 22.3 Å². The number of rotatable bonds is 16. The van der Waals surface area contributed by atoms with Crippen LogP contribution in [0, 0.1) is 5.92 Å². The van der Waals surface area contributed by atoms with Crippen LogP contribution in [0.4, 0.5) is 0 Å². The van der Waals surface area contributed by atoms with Gasteiger partial charge in [0.25, 0.3) is 0 Å². The molecule has 4 atom stereocenters. The van der Waals surface area contributed by atoms with Crippen molar-refractivity contribution >= 4 is 35.6 Å². The zero-order valence-electron chi connectivity index (χ0n) is 18.7. The minimum absolute atomic E-state index is 0.0559. The fourth-order valence-electron chi connectivity index (χ4n) is 2.66. The van der Waals surface area contributed by atoms with Crippen LogP contribution in [0.3, 0.4) is 0 Å². The Labute approximate surface area is 191 Å². The number of unbranched alkanes of at least 4 members (excludes halogenated alkanes) is 1. The van der Waals surface area contributed by atoms with Crippen molar-refractivity contribution in [2.24, 2.45) is 23.1 Å². The highest BCUT2D eigenvalue weighted by Crippen LogP contribution is 2.05. The summed E-state index contributed by atoms with van der Waals surface area (Å²) in [6, 6.07) is -5.54. The van der Waals surface area contributed by atoms with E-state index >= 15 is 0 Å². The van der Waals surface area contributed by atoms with Gasteiger partial charge < -0.3 is 43.4 Å². The standard InChI is InChI=1S/C19H34N6O8/c1-9(2)15(22)18(31)25-12(8-14(27)28)17(30)24-11(7-13(21)26)16(29)23-10(19(32)33)5-3-4-6-20/h9-12,15H,3-8,20,22H2,1-2H3,(H2,21,26)(H,23,29)(H,24,30)(H,25,31)(H,27,28)(H,32,33). The summed E-state index contributed by atoms with van der Waals surface area (Å²) in [5.74, 6) is -6.92. The summed E-state index contributed by atoms with van der Waals surface area (Å²) >= 11 is 0. The average Bonchev–Trinajstić information content (AvgIpc) is 2.70.